The number of carbonyl (C=O) groups excluding carboxylic acids is 2. The van der Waals surface area contributed by atoms with E-state index in [9.17, 15) is 9.59 Å². The second-order valence-electron chi connectivity index (χ2n) is 3.83. The Morgan fingerprint density at radius 1 is 1.47 bits per heavy atom. The Kier molecular flexibility index (Phi) is 6.32. The second kappa shape index (κ2) is 8.05. The third kappa shape index (κ3) is 4.93. The number of hydrogen-bond donors (Lipinski definition) is 2. The zero-order valence-corrected chi connectivity index (χ0v) is 10.8. The summed E-state index contributed by atoms with van der Waals surface area (Å²) in [6.07, 6.45) is 4.43. The highest BCUT2D eigenvalue weighted by atomic mass is 16.5. The zero-order chi connectivity index (χ0) is 14.1. The molecule has 0 aliphatic heterocycles. The molecule has 5 heteroatoms. The molecule has 102 valence electrons. The van der Waals surface area contributed by atoms with Crippen LogP contribution in [-0.4, -0.2) is 24.1 Å². The molecule has 2 N–H and O–H groups in total. The maximum Gasteiger partial charge on any atom is 0.306 e. The van der Waals surface area contributed by atoms with E-state index >= 15 is 0 Å². The summed E-state index contributed by atoms with van der Waals surface area (Å²) < 4.78 is 4.85. The van der Waals surface area contributed by atoms with Gasteiger partial charge in [-0.3, -0.25) is 20.3 Å². The van der Waals surface area contributed by atoms with Crippen LogP contribution >= 0.6 is 0 Å². The molecule has 0 bridgehead atoms. The molecule has 0 unspecified atom stereocenters. The fourth-order valence-corrected chi connectivity index (χ4v) is 1.63. The van der Waals surface area contributed by atoms with Crippen molar-refractivity contribution in [1.82, 2.24) is 0 Å². The van der Waals surface area contributed by atoms with Gasteiger partial charge in [0, 0.05) is 12.0 Å². The first-order valence-electron chi connectivity index (χ1n) is 6.01. The number of anilines is 1. The van der Waals surface area contributed by atoms with Gasteiger partial charge in [0.2, 0.25) is 0 Å². The van der Waals surface area contributed by atoms with Crippen LogP contribution in [0.4, 0.5) is 5.69 Å². The Bertz CT molecular complexity index is 469. The van der Waals surface area contributed by atoms with E-state index in [2.05, 4.69) is 5.48 Å². The van der Waals surface area contributed by atoms with Crippen LogP contribution in [0, 0.1) is 0 Å². The Hall–Kier alpha value is -2.14. The molecule has 0 aliphatic carbocycles. The van der Waals surface area contributed by atoms with E-state index in [1.165, 1.54) is 6.08 Å². The molecule has 0 radical (unpaired) electrons. The molecule has 0 aromatic heterocycles. The number of carbonyl (C=O) groups is 2. The van der Waals surface area contributed by atoms with E-state index in [1.54, 1.807) is 31.2 Å². The van der Waals surface area contributed by atoms with Crippen molar-refractivity contribution in [2.24, 2.45) is 0 Å². The molecule has 1 aromatic carbocycles. The van der Waals surface area contributed by atoms with Crippen LogP contribution in [0.2, 0.25) is 0 Å². The minimum atomic E-state index is -0.239. The predicted molar refractivity (Wildman–Crippen MR) is 71.9 cm³/mol. The van der Waals surface area contributed by atoms with Crippen LogP contribution in [0.15, 0.2) is 24.3 Å². The van der Waals surface area contributed by atoms with E-state index < -0.39 is 0 Å². The highest BCUT2D eigenvalue weighted by molar-refractivity contribution is 5.78. The molecule has 0 aliphatic rings. The van der Waals surface area contributed by atoms with Crippen molar-refractivity contribution in [3.63, 3.8) is 0 Å². The molecular formula is C14H17NO4. The summed E-state index contributed by atoms with van der Waals surface area (Å²) in [5, 5.41) is 8.95. The van der Waals surface area contributed by atoms with Crippen LogP contribution < -0.4 is 5.48 Å². The molecule has 0 heterocycles. The van der Waals surface area contributed by atoms with Crippen LogP contribution in [0.3, 0.4) is 0 Å². The van der Waals surface area contributed by atoms with Gasteiger partial charge in [-0.05, 0) is 43.2 Å². The first-order chi connectivity index (χ1) is 9.21. The normalized spacial score (nSPS) is 10.4. The van der Waals surface area contributed by atoms with E-state index in [1.807, 2.05) is 0 Å². The summed E-state index contributed by atoms with van der Waals surface area (Å²) in [6, 6.07) is 5.29. The van der Waals surface area contributed by atoms with Crippen molar-refractivity contribution in [2.75, 3.05) is 12.1 Å². The summed E-state index contributed by atoms with van der Waals surface area (Å²) in [6.45, 7) is 2.14. The van der Waals surface area contributed by atoms with E-state index in [4.69, 9.17) is 9.94 Å². The molecule has 0 saturated heterocycles. The minimum absolute atomic E-state index is 0.239. The summed E-state index contributed by atoms with van der Waals surface area (Å²) in [7, 11) is 0. The first kappa shape index (κ1) is 14.9. The average molecular weight is 263 g/mol. The molecule has 0 saturated carbocycles. The van der Waals surface area contributed by atoms with Gasteiger partial charge in [-0.25, -0.2) is 0 Å². The van der Waals surface area contributed by atoms with Crippen LogP contribution in [0.1, 0.15) is 24.5 Å². The van der Waals surface area contributed by atoms with Crippen LogP contribution in [-0.2, 0) is 20.7 Å². The Morgan fingerprint density at radius 2 is 2.26 bits per heavy atom. The number of esters is 1. The molecule has 0 atom stereocenters. The predicted octanol–water partition coefficient (Wildman–Crippen LogP) is 2.20. The lowest BCUT2D eigenvalue weighted by Crippen LogP contribution is -2.05. The van der Waals surface area contributed by atoms with Gasteiger partial charge < -0.3 is 4.74 Å². The molecule has 19 heavy (non-hydrogen) atoms. The average Bonchev–Trinajstić information content (AvgIpc) is 2.43. The number of ether oxygens (including phenoxy) is 1. The maximum absolute atomic E-state index is 11.3. The number of aldehydes is 1. The number of allylic oxidation sites excluding steroid dienone is 1. The second-order valence-corrected chi connectivity index (χ2v) is 3.83. The quantitative estimate of drug-likeness (QED) is 0.341. The minimum Gasteiger partial charge on any atom is -0.466 e. The smallest absolute Gasteiger partial charge is 0.306 e. The van der Waals surface area contributed by atoms with Crippen molar-refractivity contribution < 1.29 is 19.5 Å². The zero-order valence-electron chi connectivity index (χ0n) is 10.8. The van der Waals surface area contributed by atoms with Gasteiger partial charge in [0.25, 0.3) is 0 Å². The third-order valence-corrected chi connectivity index (χ3v) is 2.51. The third-order valence-electron chi connectivity index (χ3n) is 2.51. The first-order valence-corrected chi connectivity index (χ1v) is 6.01. The number of aryl methyl sites for hydroxylation is 1. The molecule has 0 spiro atoms. The fourth-order valence-electron chi connectivity index (χ4n) is 1.63. The standard InChI is InChI=1S/C14H17NO4/c1-2-19-14(17)8-6-11-5-7-13(15-18)12(10-11)4-3-9-16/h3-5,7,9-10,15,18H,2,6,8H2,1H3. The van der Waals surface area contributed by atoms with E-state index in [0.29, 0.717) is 37.0 Å². The summed E-state index contributed by atoms with van der Waals surface area (Å²) in [5.74, 6) is -0.239. The van der Waals surface area contributed by atoms with Gasteiger partial charge in [0.1, 0.15) is 6.29 Å². The van der Waals surface area contributed by atoms with Crippen molar-refractivity contribution in [2.45, 2.75) is 19.8 Å². The van der Waals surface area contributed by atoms with Gasteiger partial charge in [-0.15, -0.1) is 0 Å². The van der Waals surface area contributed by atoms with Crippen molar-refractivity contribution in [1.29, 1.82) is 0 Å². The highest BCUT2D eigenvalue weighted by Crippen LogP contribution is 2.19. The van der Waals surface area contributed by atoms with Gasteiger partial charge in [0.05, 0.1) is 12.3 Å². The van der Waals surface area contributed by atoms with Crippen molar-refractivity contribution >= 4 is 24.0 Å². The summed E-state index contributed by atoms with van der Waals surface area (Å²) in [4.78, 5) is 21.6. The van der Waals surface area contributed by atoms with Gasteiger partial charge in [-0.1, -0.05) is 6.07 Å². The van der Waals surface area contributed by atoms with Crippen molar-refractivity contribution in [3.05, 3.63) is 35.4 Å². The van der Waals surface area contributed by atoms with Gasteiger partial charge in [0.15, 0.2) is 0 Å². The van der Waals surface area contributed by atoms with Gasteiger partial charge in [-0.2, -0.15) is 0 Å². The SMILES string of the molecule is CCOC(=O)CCc1ccc(NO)c(C=CC=O)c1. The van der Waals surface area contributed by atoms with Gasteiger partial charge >= 0.3 is 5.97 Å². The lowest BCUT2D eigenvalue weighted by molar-refractivity contribution is -0.143. The van der Waals surface area contributed by atoms with Crippen LogP contribution in [0.25, 0.3) is 6.08 Å². The summed E-state index contributed by atoms with van der Waals surface area (Å²) in [5.41, 5.74) is 4.16. The molecule has 0 amide bonds. The number of nitrogens with one attached hydrogen (secondary N) is 1. The van der Waals surface area contributed by atoms with Crippen LogP contribution in [0.5, 0.6) is 0 Å². The Morgan fingerprint density at radius 3 is 2.89 bits per heavy atom. The number of hydrogen-bond acceptors (Lipinski definition) is 5. The van der Waals surface area contributed by atoms with Crippen molar-refractivity contribution in [3.8, 4) is 0 Å². The number of rotatable bonds is 7. The highest BCUT2D eigenvalue weighted by Gasteiger charge is 2.05. The maximum atomic E-state index is 11.3. The Balaban J connectivity index is 2.77. The van der Waals surface area contributed by atoms with E-state index in [-0.39, 0.29) is 5.97 Å². The molecular weight excluding hydrogens is 246 g/mol. The Labute approximate surface area is 111 Å². The number of benzene rings is 1. The van der Waals surface area contributed by atoms with E-state index in [0.717, 1.165) is 5.56 Å². The fraction of sp³-hybridized carbons (Fsp3) is 0.286. The largest absolute Gasteiger partial charge is 0.466 e. The monoisotopic (exact) mass is 263 g/mol. The molecule has 1 rings (SSSR count). The lowest BCUT2D eigenvalue weighted by Gasteiger charge is -2.07. The lowest BCUT2D eigenvalue weighted by atomic mass is 10.0. The molecule has 1 aromatic rings. The summed E-state index contributed by atoms with van der Waals surface area (Å²) >= 11 is 0. The molecule has 0 fully saturated rings. The topological polar surface area (TPSA) is 75.6 Å². The molecule has 5 nitrogen and oxygen atoms in total.